The number of piperidine rings is 1. The van der Waals surface area contributed by atoms with Gasteiger partial charge in [-0.15, -0.1) is 0 Å². The van der Waals surface area contributed by atoms with Crippen LogP contribution in [0, 0.1) is 0 Å². The first kappa shape index (κ1) is 20.1. The maximum absolute atomic E-state index is 14.2. The Balaban J connectivity index is 1.84. The number of anilines is 2. The third kappa shape index (κ3) is 5.42. The fourth-order valence-corrected chi connectivity index (χ4v) is 3.24. The van der Waals surface area contributed by atoms with E-state index in [0.717, 1.165) is 48.0 Å². The van der Waals surface area contributed by atoms with E-state index >= 15 is 0 Å². The molecule has 3 rings (SSSR count). The van der Waals surface area contributed by atoms with Crippen LogP contribution in [0.2, 0.25) is 0 Å². The summed E-state index contributed by atoms with van der Waals surface area (Å²) >= 11 is 0. The lowest BCUT2D eigenvalue weighted by Crippen LogP contribution is -2.35. The molecule has 1 aliphatic rings. The summed E-state index contributed by atoms with van der Waals surface area (Å²) in [5.74, 6) is 0.103. The average Bonchev–Trinajstić information content (AvgIpc) is 2.68. The van der Waals surface area contributed by atoms with Crippen LogP contribution in [0.3, 0.4) is 0 Å². The molecule has 0 aliphatic carbocycles. The number of nitrogens with zero attached hydrogens (tertiary/aromatic N) is 2. The molecule has 1 aromatic heterocycles. The van der Waals surface area contributed by atoms with Crippen molar-refractivity contribution in [2.24, 2.45) is 0 Å². The molecular weight excluding hydrogens is 355 g/mol. The van der Waals surface area contributed by atoms with Gasteiger partial charge in [0.05, 0.1) is 11.8 Å². The van der Waals surface area contributed by atoms with E-state index in [1.807, 2.05) is 25.1 Å². The summed E-state index contributed by atoms with van der Waals surface area (Å²) in [6, 6.07) is 5.62. The van der Waals surface area contributed by atoms with Gasteiger partial charge in [0.15, 0.2) is 0 Å². The molecule has 0 unspecified atom stereocenters. The summed E-state index contributed by atoms with van der Waals surface area (Å²) in [5.41, 5.74) is 13.2. The lowest BCUT2D eigenvalue weighted by molar-refractivity contribution is 0.0467. The van der Waals surface area contributed by atoms with Crippen LogP contribution in [0.1, 0.15) is 25.3 Å². The van der Waals surface area contributed by atoms with Gasteiger partial charge in [-0.05, 0) is 56.7 Å². The minimum absolute atomic E-state index is 0.148. The van der Waals surface area contributed by atoms with Gasteiger partial charge in [-0.25, -0.2) is 9.37 Å². The number of nitrogen functional groups attached to an aromatic ring is 1. The monoisotopic (exact) mass is 382 g/mol. The van der Waals surface area contributed by atoms with Gasteiger partial charge < -0.3 is 10.6 Å². The van der Waals surface area contributed by atoms with E-state index in [-0.39, 0.29) is 18.4 Å². The molecule has 0 radical (unpaired) electrons. The molecule has 1 aliphatic heterocycles. The molecule has 0 amide bonds. The van der Waals surface area contributed by atoms with Crippen molar-refractivity contribution in [3.05, 3.63) is 59.7 Å². The van der Waals surface area contributed by atoms with Gasteiger partial charge in [-0.3, -0.25) is 10.3 Å². The zero-order valence-electron chi connectivity index (χ0n) is 16.4. The van der Waals surface area contributed by atoms with Crippen LogP contribution in [0.4, 0.5) is 15.9 Å². The van der Waals surface area contributed by atoms with Gasteiger partial charge in [-0.2, -0.15) is 0 Å². The molecule has 3 N–H and O–H groups in total. The highest BCUT2D eigenvalue weighted by Crippen LogP contribution is 2.28. The zero-order valence-corrected chi connectivity index (χ0v) is 16.4. The van der Waals surface area contributed by atoms with E-state index < -0.39 is 0 Å². The average molecular weight is 382 g/mol. The van der Waals surface area contributed by atoms with Gasteiger partial charge in [0.1, 0.15) is 11.6 Å². The van der Waals surface area contributed by atoms with E-state index in [1.54, 1.807) is 24.4 Å². The highest BCUT2D eigenvalue weighted by Gasteiger charge is 2.18. The number of likely N-dealkylation sites (tertiary alicyclic amines) is 1. The topological polar surface area (TPSA) is 63.4 Å². The molecular formula is C22H27FN4O. The van der Waals surface area contributed by atoms with Gasteiger partial charge in [0, 0.05) is 36.5 Å². The molecule has 148 valence electrons. The van der Waals surface area contributed by atoms with Crippen molar-refractivity contribution in [3.8, 4) is 0 Å². The van der Waals surface area contributed by atoms with Crippen LogP contribution in [0.25, 0.3) is 10.8 Å². The summed E-state index contributed by atoms with van der Waals surface area (Å²) < 4.78 is 14.2. The lowest BCUT2D eigenvalue weighted by atomic mass is 10.0. The second-order valence-electron chi connectivity index (χ2n) is 7.11. The van der Waals surface area contributed by atoms with Gasteiger partial charge in [0.2, 0.25) is 0 Å². The first-order valence-electron chi connectivity index (χ1n) is 9.56. The molecule has 0 saturated carbocycles. The first-order valence-corrected chi connectivity index (χ1v) is 9.56. The van der Waals surface area contributed by atoms with Gasteiger partial charge in [-0.1, -0.05) is 17.9 Å². The number of hydrogen-bond acceptors (Lipinski definition) is 5. The Bertz CT molecular complexity index is 910. The number of benzene rings is 1. The lowest BCUT2D eigenvalue weighted by Gasteiger charge is -2.28. The number of aromatic nitrogens is 1. The smallest absolute Gasteiger partial charge is 0.146 e. The highest BCUT2D eigenvalue weighted by molar-refractivity contribution is 5.95. The summed E-state index contributed by atoms with van der Waals surface area (Å²) in [7, 11) is 2.11. The number of pyridine rings is 1. The minimum Gasteiger partial charge on any atom is -0.384 e. The Morgan fingerprint density at radius 2 is 2.18 bits per heavy atom. The SMILES string of the molecule is C/C=C\C=C=C(F)Cc1cc(NOC2CCN(C)CC2)c2cc(N)ncc2c1. The van der Waals surface area contributed by atoms with Crippen LogP contribution in [0.15, 0.2) is 54.2 Å². The molecule has 28 heavy (non-hydrogen) atoms. The number of nitrogens with two attached hydrogens (primary N) is 1. The second-order valence-corrected chi connectivity index (χ2v) is 7.11. The van der Waals surface area contributed by atoms with E-state index in [4.69, 9.17) is 10.6 Å². The number of fused-ring (bicyclic) bond motifs is 1. The van der Waals surface area contributed by atoms with Crippen molar-refractivity contribution in [3.63, 3.8) is 0 Å². The molecule has 0 bridgehead atoms. The highest BCUT2D eigenvalue weighted by atomic mass is 19.1. The fraction of sp³-hybridized carbons (Fsp3) is 0.364. The minimum atomic E-state index is -0.331. The molecule has 0 atom stereocenters. The molecule has 1 saturated heterocycles. The quantitative estimate of drug-likeness (QED) is 0.441. The second kappa shape index (κ2) is 9.51. The standard InChI is InChI=1S/C22H27FN4O/c1-3-4-5-6-18(23)12-16-11-17-15-25-22(24)14-20(17)21(13-16)26-28-19-7-9-27(2)10-8-19/h3-5,11,13-15,19,26H,7-10,12H2,1-2H3,(H2,24,25)/b4-3-. The number of allylic oxidation sites excluding steroid dienone is 3. The van der Waals surface area contributed by atoms with Gasteiger partial charge in [0.25, 0.3) is 0 Å². The van der Waals surface area contributed by atoms with Crippen molar-refractivity contribution in [2.45, 2.75) is 32.3 Å². The largest absolute Gasteiger partial charge is 0.384 e. The molecule has 2 heterocycles. The zero-order chi connectivity index (χ0) is 19.9. The summed E-state index contributed by atoms with van der Waals surface area (Å²) in [4.78, 5) is 12.4. The van der Waals surface area contributed by atoms with Crippen LogP contribution in [0.5, 0.6) is 0 Å². The molecule has 2 aromatic rings. The number of halogens is 1. The normalized spacial score (nSPS) is 15.7. The third-order valence-electron chi connectivity index (χ3n) is 4.81. The predicted octanol–water partition coefficient (Wildman–Crippen LogP) is 4.38. The number of nitrogens with one attached hydrogen (secondary N) is 1. The molecule has 5 nitrogen and oxygen atoms in total. The molecule has 0 spiro atoms. The number of rotatable bonds is 6. The predicted molar refractivity (Wildman–Crippen MR) is 113 cm³/mol. The van der Waals surface area contributed by atoms with E-state index in [2.05, 4.69) is 28.1 Å². The van der Waals surface area contributed by atoms with Crippen molar-refractivity contribution >= 4 is 22.3 Å². The van der Waals surface area contributed by atoms with Gasteiger partial charge >= 0.3 is 0 Å². The van der Waals surface area contributed by atoms with Crippen LogP contribution in [-0.4, -0.2) is 36.1 Å². The van der Waals surface area contributed by atoms with Crippen LogP contribution < -0.4 is 11.2 Å². The Labute approximate surface area is 165 Å². The summed E-state index contributed by atoms with van der Waals surface area (Å²) in [6.07, 6.45) is 9.08. The Kier molecular flexibility index (Phi) is 6.82. The maximum Gasteiger partial charge on any atom is 0.146 e. The van der Waals surface area contributed by atoms with E-state index in [0.29, 0.717) is 5.82 Å². The molecule has 6 heteroatoms. The Morgan fingerprint density at radius 1 is 1.39 bits per heavy atom. The Morgan fingerprint density at radius 3 is 2.93 bits per heavy atom. The van der Waals surface area contributed by atoms with Crippen molar-refractivity contribution in [1.82, 2.24) is 9.88 Å². The molecule has 1 fully saturated rings. The third-order valence-corrected chi connectivity index (χ3v) is 4.81. The maximum atomic E-state index is 14.2. The van der Waals surface area contributed by atoms with E-state index in [9.17, 15) is 4.39 Å². The van der Waals surface area contributed by atoms with Crippen LogP contribution >= 0.6 is 0 Å². The van der Waals surface area contributed by atoms with Crippen LogP contribution in [-0.2, 0) is 11.3 Å². The van der Waals surface area contributed by atoms with Crippen molar-refractivity contribution < 1.29 is 9.23 Å². The molecule has 1 aromatic carbocycles. The first-order chi connectivity index (χ1) is 13.5. The summed E-state index contributed by atoms with van der Waals surface area (Å²) in [5, 5.41) is 1.78. The van der Waals surface area contributed by atoms with E-state index in [1.165, 1.54) is 0 Å². The number of hydrogen-bond donors (Lipinski definition) is 2. The van der Waals surface area contributed by atoms with Crippen molar-refractivity contribution in [1.29, 1.82) is 0 Å². The summed E-state index contributed by atoms with van der Waals surface area (Å²) in [6.45, 7) is 3.90. The fourth-order valence-electron chi connectivity index (χ4n) is 3.24. The van der Waals surface area contributed by atoms with Crippen molar-refractivity contribution in [2.75, 3.05) is 31.4 Å². The Hall–Kier alpha value is -2.66.